The van der Waals surface area contributed by atoms with E-state index >= 15 is 4.79 Å². The Hall–Kier alpha value is -3.13. The molecule has 0 saturated carbocycles. The predicted molar refractivity (Wildman–Crippen MR) is 151 cm³/mol. The molecule has 8 heteroatoms. The van der Waals surface area contributed by atoms with E-state index in [1.54, 1.807) is 6.92 Å². The Morgan fingerprint density at radius 1 is 0.951 bits per heavy atom. The molecular weight excluding hydrogens is 522 g/mol. The molecule has 4 N–H and O–H groups in total. The predicted octanol–water partition coefficient (Wildman–Crippen LogP) is 5.10. The fraction of sp³-hybridized carbons (Fsp3) is 0.606. The number of allylic oxidation sites excluding steroid dienone is 4. The first-order valence-electron chi connectivity index (χ1n) is 15.0. The van der Waals surface area contributed by atoms with Crippen molar-refractivity contribution in [2.75, 3.05) is 0 Å². The van der Waals surface area contributed by atoms with Gasteiger partial charge in [-0.15, -0.1) is 0 Å². The van der Waals surface area contributed by atoms with Crippen LogP contribution in [-0.4, -0.2) is 38.8 Å². The van der Waals surface area contributed by atoms with Gasteiger partial charge in [0.2, 0.25) is 11.7 Å². The monoisotopic (exact) mass is 563 g/mol. The third kappa shape index (κ3) is 3.65. The number of hydrogen-bond acceptors (Lipinski definition) is 7. The Balaban J connectivity index is 1.60. The number of phenolic OH excluding ortho intramolecular Hbond substituents is 3. The summed E-state index contributed by atoms with van der Waals surface area (Å²) in [5.74, 6) is -4.81. The smallest absolute Gasteiger partial charge is 0.235 e. The van der Waals surface area contributed by atoms with Gasteiger partial charge in [-0.1, -0.05) is 44.1 Å². The summed E-state index contributed by atoms with van der Waals surface area (Å²) < 4.78 is 6.36. The largest absolute Gasteiger partial charge is 0.504 e. The molecule has 2 fully saturated rings. The summed E-state index contributed by atoms with van der Waals surface area (Å²) in [6, 6.07) is -0.205. The van der Waals surface area contributed by atoms with E-state index in [4.69, 9.17) is 4.74 Å². The van der Waals surface area contributed by atoms with Gasteiger partial charge in [0.1, 0.15) is 11.2 Å². The van der Waals surface area contributed by atoms with Crippen LogP contribution in [0.4, 0.5) is 0 Å². The molecule has 5 aliphatic rings. The minimum absolute atomic E-state index is 0.0469. The van der Waals surface area contributed by atoms with Crippen LogP contribution in [0.5, 0.6) is 17.2 Å². The Labute approximate surface area is 240 Å². The Kier molecular flexibility index (Phi) is 6.45. The fourth-order valence-electron chi connectivity index (χ4n) is 8.92. The minimum Gasteiger partial charge on any atom is -0.504 e. The second kappa shape index (κ2) is 9.45. The zero-order valence-electron chi connectivity index (χ0n) is 24.7. The number of ketones is 2. The fourth-order valence-corrected chi connectivity index (χ4v) is 8.92. The molecular formula is C33H41NO7. The average molecular weight is 564 g/mol. The summed E-state index contributed by atoms with van der Waals surface area (Å²) in [4.78, 5) is 43.7. The molecule has 6 rings (SSSR count). The van der Waals surface area contributed by atoms with Crippen molar-refractivity contribution in [1.29, 1.82) is 0 Å². The highest BCUT2D eigenvalue weighted by Crippen LogP contribution is 2.67. The lowest BCUT2D eigenvalue weighted by Gasteiger charge is -2.47. The highest BCUT2D eigenvalue weighted by molar-refractivity contribution is 6.12. The SMILES string of the molecule is CC1=C[C@H]2C=C(C)[C@@H](C)[C@H]3[C@H](CC(C)C)NC(=O)[C@@]23C(=O)[C@H]2[C@H](C(=O)CCC1)[C@H]1O[C@@H]2c2c(O)c(O)c(O)c(C)c21. The lowest BCUT2D eigenvalue weighted by molar-refractivity contribution is -0.151. The van der Waals surface area contributed by atoms with E-state index in [0.29, 0.717) is 29.9 Å². The van der Waals surface area contributed by atoms with E-state index in [-0.39, 0.29) is 47.3 Å². The highest BCUT2D eigenvalue weighted by atomic mass is 16.5. The first-order chi connectivity index (χ1) is 19.3. The van der Waals surface area contributed by atoms with Crippen molar-refractivity contribution in [2.45, 2.75) is 85.5 Å². The van der Waals surface area contributed by atoms with Crippen LogP contribution in [0.1, 0.15) is 89.2 Å². The number of amides is 1. The first kappa shape index (κ1) is 28.0. The van der Waals surface area contributed by atoms with E-state index in [0.717, 1.165) is 17.6 Å². The summed E-state index contributed by atoms with van der Waals surface area (Å²) in [7, 11) is 0. The third-order valence-corrected chi connectivity index (χ3v) is 10.8. The van der Waals surface area contributed by atoms with E-state index in [2.05, 4.69) is 45.2 Å². The molecule has 1 spiro atoms. The van der Waals surface area contributed by atoms with Gasteiger partial charge in [-0.3, -0.25) is 14.4 Å². The average Bonchev–Trinajstić information content (AvgIpc) is 3.56. The number of Topliss-reactive ketones (excluding diaryl/α,β-unsaturated/α-hetero) is 2. The number of rotatable bonds is 2. The van der Waals surface area contributed by atoms with Crippen LogP contribution in [0.25, 0.3) is 0 Å². The molecule has 2 bridgehead atoms. The Bertz CT molecular complexity index is 1420. The first-order valence-corrected chi connectivity index (χ1v) is 15.0. The van der Waals surface area contributed by atoms with Gasteiger partial charge in [-0.2, -0.15) is 0 Å². The van der Waals surface area contributed by atoms with Crippen LogP contribution >= 0.6 is 0 Å². The van der Waals surface area contributed by atoms with Gasteiger partial charge in [0.05, 0.1) is 24.0 Å². The van der Waals surface area contributed by atoms with Gasteiger partial charge in [-0.05, 0) is 57.4 Å². The van der Waals surface area contributed by atoms with Gasteiger partial charge in [0, 0.05) is 35.4 Å². The molecule has 8 nitrogen and oxygen atoms in total. The number of aromatic hydroxyl groups is 3. The van der Waals surface area contributed by atoms with Crippen molar-refractivity contribution < 1.29 is 34.4 Å². The number of benzene rings is 1. The maximum Gasteiger partial charge on any atom is 0.235 e. The number of nitrogens with one attached hydrogen (secondary N) is 1. The van der Waals surface area contributed by atoms with Gasteiger partial charge >= 0.3 is 0 Å². The number of phenols is 3. The molecule has 3 heterocycles. The topological polar surface area (TPSA) is 133 Å². The van der Waals surface area contributed by atoms with E-state index < -0.39 is 52.6 Å². The van der Waals surface area contributed by atoms with Crippen LogP contribution in [0.3, 0.4) is 0 Å². The Morgan fingerprint density at radius 3 is 2.32 bits per heavy atom. The third-order valence-electron chi connectivity index (χ3n) is 10.8. The Morgan fingerprint density at radius 2 is 1.63 bits per heavy atom. The van der Waals surface area contributed by atoms with Crippen molar-refractivity contribution in [1.82, 2.24) is 5.32 Å². The highest BCUT2D eigenvalue weighted by Gasteiger charge is 2.70. The molecule has 0 radical (unpaired) electrons. The summed E-state index contributed by atoms with van der Waals surface area (Å²) in [5, 5.41) is 35.3. The molecule has 0 aromatic heterocycles. The zero-order valence-corrected chi connectivity index (χ0v) is 24.7. The zero-order chi connectivity index (χ0) is 29.7. The standard InChI is InChI=1S/C33H41NO7/c1-13(2)10-19-25-16(5)15(4)12-18-11-14(3)8-7-9-20(35)22-24(31(39)33(18,25)32(40)34-19)30-23-21(29(22)41-30)17(6)26(36)28(38)27(23)37/h11-13,16,18-19,22,24-25,29-30,36-38H,7-10H2,1-6H3,(H,34,40)/t16-,18+,19+,22+,24+,25+,29+,30-,33+/m1/s1. The normalized spacial score (nSPS) is 38.0. The van der Waals surface area contributed by atoms with Crippen molar-refractivity contribution in [3.8, 4) is 17.2 Å². The van der Waals surface area contributed by atoms with Crippen molar-refractivity contribution in [3.63, 3.8) is 0 Å². The van der Waals surface area contributed by atoms with Crippen LogP contribution in [0.2, 0.25) is 0 Å². The summed E-state index contributed by atoms with van der Waals surface area (Å²) in [6.45, 7) is 12.0. The molecule has 41 heavy (non-hydrogen) atoms. The van der Waals surface area contributed by atoms with Gasteiger partial charge in [-0.25, -0.2) is 0 Å². The molecule has 2 saturated heterocycles. The van der Waals surface area contributed by atoms with E-state index in [1.807, 2.05) is 6.92 Å². The molecule has 1 aromatic rings. The van der Waals surface area contributed by atoms with Crippen molar-refractivity contribution >= 4 is 17.5 Å². The quantitative estimate of drug-likeness (QED) is 0.224. The van der Waals surface area contributed by atoms with Crippen LogP contribution < -0.4 is 5.32 Å². The number of ether oxygens (including phenoxy) is 1. The van der Waals surface area contributed by atoms with Crippen LogP contribution in [0, 0.1) is 47.8 Å². The van der Waals surface area contributed by atoms with Crippen molar-refractivity contribution in [2.24, 2.45) is 40.9 Å². The second-order valence-corrected chi connectivity index (χ2v) is 13.6. The minimum atomic E-state index is -1.44. The second-order valence-electron chi connectivity index (χ2n) is 13.6. The number of carbonyl (C=O) groups is 3. The number of carbonyl (C=O) groups excluding carboxylic acids is 3. The van der Waals surface area contributed by atoms with E-state index in [9.17, 15) is 24.9 Å². The van der Waals surface area contributed by atoms with Gasteiger partial charge in [0.25, 0.3) is 0 Å². The lowest BCUT2D eigenvalue weighted by atomic mass is 9.51. The van der Waals surface area contributed by atoms with E-state index in [1.165, 1.54) is 0 Å². The molecule has 0 unspecified atom stereocenters. The maximum absolute atomic E-state index is 15.3. The molecule has 3 aliphatic heterocycles. The van der Waals surface area contributed by atoms with Gasteiger partial charge < -0.3 is 25.4 Å². The molecule has 2 aliphatic carbocycles. The molecule has 220 valence electrons. The molecule has 1 amide bonds. The summed E-state index contributed by atoms with van der Waals surface area (Å²) >= 11 is 0. The summed E-state index contributed by atoms with van der Waals surface area (Å²) in [6.07, 6.45) is 4.54. The van der Waals surface area contributed by atoms with Crippen LogP contribution in [0.15, 0.2) is 23.3 Å². The maximum atomic E-state index is 15.3. The van der Waals surface area contributed by atoms with Crippen molar-refractivity contribution in [3.05, 3.63) is 40.0 Å². The molecule has 9 atom stereocenters. The number of fused-ring (bicyclic) bond motifs is 8. The summed E-state index contributed by atoms with van der Waals surface area (Å²) in [5.41, 5.74) is 1.77. The number of hydrogen-bond donors (Lipinski definition) is 4. The molecule has 1 aromatic carbocycles. The van der Waals surface area contributed by atoms with Crippen LogP contribution in [-0.2, 0) is 19.1 Å². The lowest BCUT2D eigenvalue weighted by Crippen LogP contribution is -2.56. The van der Waals surface area contributed by atoms with Gasteiger partial charge in [0.15, 0.2) is 17.3 Å².